The number of carboxylic acids is 1. The molecule has 3 heterocycles. The summed E-state index contributed by atoms with van der Waals surface area (Å²) in [5.41, 5.74) is 2.59. The molecule has 1 aromatic carbocycles. The maximum absolute atomic E-state index is 12.4. The molecule has 0 aliphatic carbocycles. The van der Waals surface area contributed by atoms with E-state index in [9.17, 15) is 24.6 Å². The number of β-lactam (4-membered cyclic amide) rings is 1. The second-order valence-electron chi connectivity index (χ2n) is 7.86. The first kappa shape index (κ1) is 21.7. The lowest BCUT2D eigenvalue weighted by Gasteiger charge is -2.44. The lowest BCUT2D eigenvalue weighted by molar-refractivity contribution is -0.161. The van der Waals surface area contributed by atoms with Gasteiger partial charge in [0.2, 0.25) is 11.8 Å². The van der Waals surface area contributed by atoms with Crippen molar-refractivity contribution in [2.45, 2.75) is 32.1 Å². The molecule has 2 aliphatic heterocycles. The van der Waals surface area contributed by atoms with Crippen LogP contribution in [0.5, 0.6) is 0 Å². The number of ether oxygens (including phenoxy) is 1. The second kappa shape index (κ2) is 8.89. The number of nitrogens with zero attached hydrogens (tertiary/aromatic N) is 2. The van der Waals surface area contributed by atoms with Crippen LogP contribution in [0.1, 0.15) is 24.5 Å². The highest BCUT2D eigenvalue weighted by atomic mass is 16.5. The summed E-state index contributed by atoms with van der Waals surface area (Å²) >= 11 is 0. The molecule has 0 unspecified atom stereocenters. The van der Waals surface area contributed by atoms with E-state index in [1.165, 1.54) is 4.90 Å². The lowest BCUT2D eigenvalue weighted by Crippen LogP contribution is -2.61. The Morgan fingerprint density at radius 3 is 2.72 bits per heavy atom. The summed E-state index contributed by atoms with van der Waals surface area (Å²) in [6, 6.07) is 10.2. The van der Waals surface area contributed by atoms with Crippen molar-refractivity contribution < 1.29 is 29.3 Å². The number of aliphatic hydroxyl groups excluding tert-OH is 1. The number of fused-ring (bicyclic) bond motifs is 1. The number of carbonyl (C=O) groups is 3. The number of carbonyl (C=O) groups excluding carboxylic acids is 2. The van der Waals surface area contributed by atoms with Crippen molar-refractivity contribution in [1.29, 1.82) is 0 Å². The number of anilines is 1. The quantitative estimate of drug-likeness (QED) is 0.536. The van der Waals surface area contributed by atoms with Gasteiger partial charge in [0.1, 0.15) is 12.3 Å². The minimum atomic E-state index is -1.17. The SMILES string of the molecule is C[C@@H](O)[C@H]1C(=O)N2C(C(=O)O)=C(c3cccc(COCC(=O)Nc4ccncc4)c3)C[C@H]12. The Morgan fingerprint density at radius 2 is 2.03 bits per heavy atom. The number of aliphatic hydroxyl groups is 1. The molecule has 0 radical (unpaired) electrons. The van der Waals surface area contributed by atoms with E-state index in [0.717, 1.165) is 5.56 Å². The van der Waals surface area contributed by atoms with Crippen molar-refractivity contribution in [3.8, 4) is 0 Å². The number of aromatic nitrogens is 1. The van der Waals surface area contributed by atoms with Gasteiger partial charge in [-0.05, 0) is 48.2 Å². The van der Waals surface area contributed by atoms with Gasteiger partial charge < -0.3 is 25.2 Å². The van der Waals surface area contributed by atoms with Gasteiger partial charge in [-0.1, -0.05) is 18.2 Å². The van der Waals surface area contributed by atoms with Gasteiger partial charge in [-0.15, -0.1) is 0 Å². The Bertz CT molecular complexity index is 1080. The number of benzene rings is 1. The topological polar surface area (TPSA) is 129 Å². The summed E-state index contributed by atoms with van der Waals surface area (Å²) in [4.78, 5) is 41.4. The van der Waals surface area contributed by atoms with Crippen molar-refractivity contribution in [3.05, 3.63) is 65.6 Å². The molecule has 166 valence electrons. The molecule has 9 heteroatoms. The van der Waals surface area contributed by atoms with Crippen molar-refractivity contribution >= 4 is 29.0 Å². The first-order valence-electron chi connectivity index (χ1n) is 10.2. The van der Waals surface area contributed by atoms with E-state index in [1.807, 2.05) is 6.07 Å². The third-order valence-electron chi connectivity index (χ3n) is 5.67. The Balaban J connectivity index is 1.43. The van der Waals surface area contributed by atoms with Gasteiger partial charge in [0.25, 0.3) is 0 Å². The average Bonchev–Trinajstić information content (AvgIpc) is 3.10. The van der Waals surface area contributed by atoms with Crippen molar-refractivity contribution in [2.24, 2.45) is 5.92 Å². The fraction of sp³-hybridized carbons (Fsp3) is 0.304. The molecule has 32 heavy (non-hydrogen) atoms. The maximum Gasteiger partial charge on any atom is 0.352 e. The first-order chi connectivity index (χ1) is 15.4. The molecular weight excluding hydrogens is 414 g/mol. The molecule has 1 aromatic heterocycles. The van der Waals surface area contributed by atoms with Gasteiger partial charge in [0.15, 0.2) is 0 Å². The molecule has 0 spiro atoms. The largest absolute Gasteiger partial charge is 0.477 e. The zero-order valence-corrected chi connectivity index (χ0v) is 17.4. The van der Waals surface area contributed by atoms with Crippen LogP contribution in [-0.2, 0) is 25.7 Å². The second-order valence-corrected chi connectivity index (χ2v) is 7.86. The van der Waals surface area contributed by atoms with Gasteiger partial charge >= 0.3 is 5.97 Å². The predicted octanol–water partition coefficient (Wildman–Crippen LogP) is 1.64. The van der Waals surface area contributed by atoms with Crippen molar-refractivity contribution in [3.63, 3.8) is 0 Å². The molecule has 0 bridgehead atoms. The monoisotopic (exact) mass is 437 g/mol. The Kier molecular flexibility index (Phi) is 6.02. The molecule has 1 saturated heterocycles. The average molecular weight is 437 g/mol. The number of pyridine rings is 1. The maximum atomic E-state index is 12.4. The summed E-state index contributed by atoms with van der Waals surface area (Å²) in [6.07, 6.45) is 2.67. The van der Waals surface area contributed by atoms with Crippen LogP contribution in [0.15, 0.2) is 54.5 Å². The van der Waals surface area contributed by atoms with E-state index < -0.39 is 18.0 Å². The van der Waals surface area contributed by atoms with Gasteiger partial charge in [0, 0.05) is 18.1 Å². The molecule has 2 amide bonds. The third-order valence-corrected chi connectivity index (χ3v) is 5.67. The Labute approximate surface area is 184 Å². The summed E-state index contributed by atoms with van der Waals surface area (Å²) in [7, 11) is 0. The minimum absolute atomic E-state index is 0.0355. The van der Waals surface area contributed by atoms with Gasteiger partial charge in [-0.2, -0.15) is 0 Å². The smallest absolute Gasteiger partial charge is 0.352 e. The molecule has 3 N–H and O–H groups in total. The van der Waals surface area contributed by atoms with Crippen molar-refractivity contribution in [1.82, 2.24) is 9.88 Å². The molecule has 3 atom stereocenters. The van der Waals surface area contributed by atoms with E-state index in [1.54, 1.807) is 49.6 Å². The lowest BCUT2D eigenvalue weighted by atomic mass is 9.82. The highest BCUT2D eigenvalue weighted by Gasteiger charge is 2.56. The van der Waals surface area contributed by atoms with Gasteiger partial charge in [-0.25, -0.2) is 4.79 Å². The van der Waals surface area contributed by atoms with E-state index in [4.69, 9.17) is 4.74 Å². The van der Waals surface area contributed by atoms with Crippen LogP contribution in [0.3, 0.4) is 0 Å². The Hall–Kier alpha value is -3.56. The molecule has 2 aromatic rings. The number of hydrogen-bond donors (Lipinski definition) is 3. The summed E-state index contributed by atoms with van der Waals surface area (Å²) in [5.74, 6) is -2.43. The number of carboxylic acid groups (broad SMARTS) is 1. The number of rotatable bonds is 8. The molecule has 4 rings (SSSR count). The summed E-state index contributed by atoms with van der Waals surface area (Å²) < 4.78 is 5.51. The molecule has 1 fully saturated rings. The summed E-state index contributed by atoms with van der Waals surface area (Å²) in [6.45, 7) is 1.56. The van der Waals surface area contributed by atoms with Crippen LogP contribution in [0.2, 0.25) is 0 Å². The summed E-state index contributed by atoms with van der Waals surface area (Å²) in [5, 5.41) is 22.3. The van der Waals surface area contributed by atoms with Crippen molar-refractivity contribution in [2.75, 3.05) is 11.9 Å². The Morgan fingerprint density at radius 1 is 1.28 bits per heavy atom. The number of aliphatic carboxylic acids is 1. The zero-order valence-electron chi connectivity index (χ0n) is 17.4. The molecular formula is C23H23N3O6. The van der Waals surface area contributed by atoms with E-state index in [2.05, 4.69) is 10.3 Å². The number of nitrogens with one attached hydrogen (secondary N) is 1. The number of hydrogen-bond acceptors (Lipinski definition) is 6. The highest BCUT2D eigenvalue weighted by Crippen LogP contribution is 2.46. The zero-order chi connectivity index (χ0) is 22.8. The third kappa shape index (κ3) is 4.12. The highest BCUT2D eigenvalue weighted by molar-refractivity contribution is 6.06. The number of amides is 2. The van der Waals surface area contributed by atoms with Gasteiger partial charge in [0.05, 0.1) is 24.7 Å². The molecule has 9 nitrogen and oxygen atoms in total. The van der Waals surface area contributed by atoms with E-state index in [0.29, 0.717) is 23.2 Å². The van der Waals surface area contributed by atoms with Crippen LogP contribution >= 0.6 is 0 Å². The van der Waals surface area contributed by atoms with Crippen LogP contribution < -0.4 is 5.32 Å². The molecule has 2 aliphatic rings. The predicted molar refractivity (Wildman–Crippen MR) is 114 cm³/mol. The minimum Gasteiger partial charge on any atom is -0.477 e. The van der Waals surface area contributed by atoms with E-state index >= 15 is 0 Å². The van der Waals surface area contributed by atoms with Crippen LogP contribution in [-0.4, -0.2) is 56.6 Å². The van der Waals surface area contributed by atoms with Crippen LogP contribution in [0.4, 0.5) is 5.69 Å². The van der Waals surface area contributed by atoms with E-state index in [-0.39, 0.29) is 36.8 Å². The fourth-order valence-electron chi connectivity index (χ4n) is 4.27. The first-order valence-corrected chi connectivity index (χ1v) is 10.2. The van der Waals surface area contributed by atoms with Gasteiger partial charge in [-0.3, -0.25) is 14.6 Å². The molecule has 0 saturated carbocycles. The van der Waals surface area contributed by atoms with Crippen LogP contribution in [0.25, 0.3) is 5.57 Å². The fourth-order valence-corrected chi connectivity index (χ4v) is 4.27. The standard InChI is InChI=1S/C23H23N3O6/c1-13(27)20-18-10-17(21(23(30)31)26(18)22(20)29)15-4-2-3-14(9-15)11-32-12-19(28)25-16-5-7-24-8-6-16/h2-9,13,18,20,27H,10-12H2,1H3,(H,30,31)(H,24,25,28)/t13-,18-,20-/m1/s1. The van der Waals surface area contributed by atoms with Crippen LogP contribution in [0, 0.1) is 5.92 Å². The normalized spacial score (nSPS) is 20.6.